The van der Waals surface area contributed by atoms with Gasteiger partial charge in [-0.15, -0.1) is 0 Å². The molecule has 1 aromatic carbocycles. The van der Waals surface area contributed by atoms with Gasteiger partial charge >= 0.3 is 0 Å². The lowest BCUT2D eigenvalue weighted by molar-refractivity contribution is 0.0409. The van der Waals surface area contributed by atoms with E-state index in [0.717, 1.165) is 0 Å². The Hall–Kier alpha value is -1.43. The molecule has 0 spiro atoms. The molecule has 1 aliphatic heterocycles. The van der Waals surface area contributed by atoms with Crippen LogP contribution in [0.25, 0.3) is 0 Å². The zero-order chi connectivity index (χ0) is 11.6. The summed E-state index contributed by atoms with van der Waals surface area (Å²) in [5.74, 6) is -1.22. The molecular weight excluding hydrogens is 204 g/mol. The summed E-state index contributed by atoms with van der Waals surface area (Å²) in [4.78, 5) is 13.7. The molecule has 1 aromatic rings. The van der Waals surface area contributed by atoms with Crippen molar-refractivity contribution in [1.82, 2.24) is 10.2 Å². The fourth-order valence-corrected chi connectivity index (χ4v) is 1.81. The normalized spacial score (nSPS) is 19.5. The molecule has 1 heterocycles. The molecule has 0 atom stereocenters. The largest absolute Gasteiger partial charge is 0.310 e. The number of piperazine rings is 1. The minimum absolute atomic E-state index is 0.118. The third-order valence-corrected chi connectivity index (χ3v) is 2.69. The standard InChI is InChI=1S/C11H16N4O/c12-11(13)8-14-6-7-15(11)10(16)9-4-2-1-3-5-9/h1-5,14H,6-8,12-13H2. The van der Waals surface area contributed by atoms with Crippen molar-refractivity contribution in [3.05, 3.63) is 35.9 Å². The first kappa shape index (κ1) is 11.1. The Morgan fingerprint density at radius 3 is 2.62 bits per heavy atom. The maximum absolute atomic E-state index is 12.2. The van der Waals surface area contributed by atoms with Crippen LogP contribution in [-0.4, -0.2) is 36.2 Å². The van der Waals surface area contributed by atoms with E-state index in [0.29, 0.717) is 25.2 Å². The monoisotopic (exact) mass is 220 g/mol. The van der Waals surface area contributed by atoms with Crippen LogP contribution < -0.4 is 16.8 Å². The van der Waals surface area contributed by atoms with E-state index in [2.05, 4.69) is 5.32 Å². The smallest absolute Gasteiger partial charge is 0.256 e. The first-order valence-corrected chi connectivity index (χ1v) is 5.27. The maximum Gasteiger partial charge on any atom is 0.256 e. The zero-order valence-corrected chi connectivity index (χ0v) is 9.02. The third-order valence-electron chi connectivity index (χ3n) is 2.69. The molecule has 5 N–H and O–H groups in total. The molecule has 1 saturated heterocycles. The van der Waals surface area contributed by atoms with Gasteiger partial charge in [0.2, 0.25) is 0 Å². The van der Waals surface area contributed by atoms with Crippen molar-refractivity contribution < 1.29 is 4.79 Å². The van der Waals surface area contributed by atoms with Gasteiger partial charge < -0.3 is 10.2 Å². The van der Waals surface area contributed by atoms with Crippen LogP contribution in [0.4, 0.5) is 0 Å². The average Bonchev–Trinajstić information content (AvgIpc) is 2.29. The summed E-state index contributed by atoms with van der Waals surface area (Å²) in [6.45, 7) is 1.65. The molecule has 1 fully saturated rings. The molecule has 1 aliphatic rings. The van der Waals surface area contributed by atoms with Crippen LogP contribution in [0.1, 0.15) is 10.4 Å². The van der Waals surface area contributed by atoms with Gasteiger partial charge in [0.05, 0.1) is 0 Å². The number of hydrogen-bond acceptors (Lipinski definition) is 4. The summed E-state index contributed by atoms with van der Waals surface area (Å²) in [6.07, 6.45) is 0. The van der Waals surface area contributed by atoms with Gasteiger partial charge in [-0.2, -0.15) is 0 Å². The molecule has 0 aliphatic carbocycles. The predicted octanol–water partition coefficient (Wildman–Crippen LogP) is -0.697. The van der Waals surface area contributed by atoms with E-state index in [9.17, 15) is 4.79 Å². The Balaban J connectivity index is 2.21. The highest BCUT2D eigenvalue weighted by atomic mass is 16.2. The van der Waals surface area contributed by atoms with Crippen molar-refractivity contribution in [2.24, 2.45) is 11.5 Å². The second-order valence-electron chi connectivity index (χ2n) is 3.99. The number of nitrogens with two attached hydrogens (primary N) is 2. The number of nitrogens with zero attached hydrogens (tertiary/aromatic N) is 1. The number of hydrogen-bond donors (Lipinski definition) is 3. The Labute approximate surface area is 94.4 Å². The highest BCUT2D eigenvalue weighted by Crippen LogP contribution is 2.11. The van der Waals surface area contributed by atoms with Gasteiger partial charge in [0.1, 0.15) is 0 Å². The first-order chi connectivity index (χ1) is 7.61. The van der Waals surface area contributed by atoms with E-state index in [1.165, 1.54) is 4.90 Å². The first-order valence-electron chi connectivity index (χ1n) is 5.27. The Morgan fingerprint density at radius 1 is 1.31 bits per heavy atom. The minimum Gasteiger partial charge on any atom is -0.310 e. The molecule has 0 bridgehead atoms. The molecule has 1 amide bonds. The molecule has 0 aromatic heterocycles. The number of rotatable bonds is 1. The quantitative estimate of drug-likeness (QED) is 0.547. The van der Waals surface area contributed by atoms with E-state index in [-0.39, 0.29) is 5.91 Å². The number of amides is 1. The topological polar surface area (TPSA) is 84.4 Å². The summed E-state index contributed by atoms with van der Waals surface area (Å²) in [5, 5.41) is 3.07. The second kappa shape index (κ2) is 4.21. The van der Waals surface area contributed by atoms with Gasteiger partial charge in [0.25, 0.3) is 5.91 Å². The number of benzene rings is 1. The summed E-state index contributed by atoms with van der Waals surface area (Å²) in [7, 11) is 0. The van der Waals surface area contributed by atoms with E-state index in [4.69, 9.17) is 11.5 Å². The lowest BCUT2D eigenvalue weighted by Crippen LogP contribution is -2.73. The Kier molecular flexibility index (Phi) is 2.91. The molecule has 5 heteroatoms. The van der Waals surface area contributed by atoms with Crippen LogP contribution in [0, 0.1) is 0 Å². The fraction of sp³-hybridized carbons (Fsp3) is 0.364. The molecular formula is C11H16N4O. The highest BCUT2D eigenvalue weighted by molar-refractivity contribution is 5.94. The van der Waals surface area contributed by atoms with Gasteiger partial charge in [0, 0.05) is 25.2 Å². The van der Waals surface area contributed by atoms with Gasteiger partial charge in [-0.05, 0) is 12.1 Å². The van der Waals surface area contributed by atoms with Crippen LogP contribution in [-0.2, 0) is 0 Å². The number of carbonyl (C=O) groups is 1. The molecule has 86 valence electrons. The molecule has 5 nitrogen and oxygen atoms in total. The van der Waals surface area contributed by atoms with Gasteiger partial charge in [-0.1, -0.05) is 18.2 Å². The average molecular weight is 220 g/mol. The summed E-state index contributed by atoms with van der Waals surface area (Å²) in [5.41, 5.74) is 12.4. The van der Waals surface area contributed by atoms with Crippen LogP contribution in [0.5, 0.6) is 0 Å². The van der Waals surface area contributed by atoms with Crippen LogP contribution in [0.3, 0.4) is 0 Å². The lowest BCUT2D eigenvalue weighted by atomic mass is 10.1. The van der Waals surface area contributed by atoms with Crippen LogP contribution in [0.15, 0.2) is 30.3 Å². The highest BCUT2D eigenvalue weighted by Gasteiger charge is 2.34. The Bertz CT molecular complexity index is 377. The maximum atomic E-state index is 12.2. The zero-order valence-electron chi connectivity index (χ0n) is 9.02. The number of carbonyl (C=O) groups excluding carboxylic acids is 1. The summed E-state index contributed by atoms with van der Waals surface area (Å²) >= 11 is 0. The molecule has 2 rings (SSSR count). The van der Waals surface area contributed by atoms with E-state index in [1.54, 1.807) is 12.1 Å². The Morgan fingerprint density at radius 2 is 2.00 bits per heavy atom. The van der Waals surface area contributed by atoms with Gasteiger partial charge in [-0.25, -0.2) is 0 Å². The fourth-order valence-electron chi connectivity index (χ4n) is 1.81. The molecule has 0 radical (unpaired) electrons. The van der Waals surface area contributed by atoms with E-state index in [1.807, 2.05) is 18.2 Å². The minimum atomic E-state index is -1.11. The molecule has 0 unspecified atom stereocenters. The van der Waals surface area contributed by atoms with Crippen molar-refractivity contribution in [3.63, 3.8) is 0 Å². The van der Waals surface area contributed by atoms with Crippen molar-refractivity contribution in [2.45, 2.75) is 5.79 Å². The van der Waals surface area contributed by atoms with Gasteiger partial charge in [0.15, 0.2) is 5.79 Å². The van der Waals surface area contributed by atoms with Crippen molar-refractivity contribution in [3.8, 4) is 0 Å². The van der Waals surface area contributed by atoms with Gasteiger partial charge in [-0.3, -0.25) is 16.3 Å². The second-order valence-corrected chi connectivity index (χ2v) is 3.99. The summed E-state index contributed by atoms with van der Waals surface area (Å²) in [6, 6.07) is 9.04. The SMILES string of the molecule is NC1(N)CNCCN1C(=O)c1ccccc1. The van der Waals surface area contributed by atoms with Crippen molar-refractivity contribution in [2.75, 3.05) is 19.6 Å². The van der Waals surface area contributed by atoms with Crippen molar-refractivity contribution in [1.29, 1.82) is 0 Å². The number of nitrogens with one attached hydrogen (secondary N) is 1. The van der Waals surface area contributed by atoms with E-state index >= 15 is 0 Å². The van der Waals surface area contributed by atoms with Crippen molar-refractivity contribution >= 4 is 5.91 Å². The lowest BCUT2D eigenvalue weighted by Gasteiger charge is -2.41. The van der Waals surface area contributed by atoms with Crippen LogP contribution >= 0.6 is 0 Å². The molecule has 16 heavy (non-hydrogen) atoms. The summed E-state index contributed by atoms with van der Waals surface area (Å²) < 4.78 is 0. The van der Waals surface area contributed by atoms with E-state index < -0.39 is 5.79 Å². The van der Waals surface area contributed by atoms with Crippen LogP contribution in [0.2, 0.25) is 0 Å². The third kappa shape index (κ3) is 2.06. The predicted molar refractivity (Wildman–Crippen MR) is 61.5 cm³/mol. The molecule has 0 saturated carbocycles.